The first kappa shape index (κ1) is 15.4. The van der Waals surface area contributed by atoms with E-state index >= 15 is 0 Å². The third-order valence-corrected chi connectivity index (χ3v) is 4.70. The molecule has 0 aliphatic carbocycles. The first-order chi connectivity index (χ1) is 11.9. The smallest absolute Gasteiger partial charge is 0.294 e. The quantitative estimate of drug-likeness (QED) is 0.721. The third kappa shape index (κ3) is 2.07. The van der Waals surface area contributed by atoms with Crippen LogP contribution >= 0.6 is 0 Å². The molecule has 2 aromatic heterocycles. The second-order valence-corrected chi connectivity index (χ2v) is 6.33. The number of hydrogen-bond donors (Lipinski definition) is 1. The highest BCUT2D eigenvalue weighted by Crippen LogP contribution is 2.28. The number of aryl methyl sites for hydroxylation is 2. The van der Waals surface area contributed by atoms with Crippen molar-refractivity contribution in [2.75, 3.05) is 5.43 Å². The lowest BCUT2D eigenvalue weighted by atomic mass is 10.0. The number of fused-ring (bicyclic) bond motifs is 3. The molecule has 0 saturated heterocycles. The van der Waals surface area contributed by atoms with E-state index in [4.69, 9.17) is 0 Å². The van der Waals surface area contributed by atoms with Crippen LogP contribution in [0.4, 0.5) is 5.95 Å². The van der Waals surface area contributed by atoms with E-state index in [0.717, 1.165) is 15.8 Å². The van der Waals surface area contributed by atoms with Gasteiger partial charge < -0.3 is 0 Å². The number of nitrogens with one attached hydrogen (secondary N) is 1. The average Bonchev–Trinajstić information content (AvgIpc) is 3.00. The number of anilines is 1. The summed E-state index contributed by atoms with van der Waals surface area (Å²) < 4.78 is 4.28. The average molecular weight is 338 g/mol. The summed E-state index contributed by atoms with van der Waals surface area (Å²) in [5, 5.41) is 4.44. The summed E-state index contributed by atoms with van der Waals surface area (Å²) in [6.07, 6.45) is 0. The molecule has 1 aromatic carbocycles. The fourth-order valence-electron chi connectivity index (χ4n) is 3.23. The molecule has 8 heteroatoms. The fraction of sp³-hybridized carbons (Fsp3) is 0.294. The highest BCUT2D eigenvalue weighted by molar-refractivity contribution is 6.05. The summed E-state index contributed by atoms with van der Waals surface area (Å²) in [6, 6.07) is 7.85. The number of hydrogen-bond acceptors (Lipinski definition) is 5. The molecule has 25 heavy (non-hydrogen) atoms. The van der Waals surface area contributed by atoms with Gasteiger partial charge in [-0.1, -0.05) is 29.8 Å². The number of hydrazone groups is 1. The number of nitrogens with zero attached hydrogens (tertiary/aromatic N) is 5. The van der Waals surface area contributed by atoms with Crippen LogP contribution in [-0.4, -0.2) is 24.4 Å². The molecule has 1 atom stereocenters. The Morgan fingerprint density at radius 1 is 1.08 bits per heavy atom. The van der Waals surface area contributed by atoms with Crippen LogP contribution in [0.2, 0.25) is 0 Å². The Kier molecular flexibility index (Phi) is 3.18. The van der Waals surface area contributed by atoms with Gasteiger partial charge in [-0.2, -0.15) is 10.1 Å². The summed E-state index contributed by atoms with van der Waals surface area (Å²) in [6.45, 7) is 3.99. The van der Waals surface area contributed by atoms with Crippen molar-refractivity contribution in [1.29, 1.82) is 0 Å². The molecule has 0 saturated carbocycles. The lowest BCUT2D eigenvalue weighted by Crippen LogP contribution is -2.38. The minimum Gasteiger partial charge on any atom is -0.294 e. The molecule has 8 nitrogen and oxygen atoms in total. The van der Waals surface area contributed by atoms with E-state index in [2.05, 4.69) is 15.5 Å². The molecule has 0 fully saturated rings. The minimum atomic E-state index is -0.403. The van der Waals surface area contributed by atoms with Gasteiger partial charge in [0.2, 0.25) is 5.95 Å². The Balaban J connectivity index is 1.96. The maximum Gasteiger partial charge on any atom is 0.332 e. The van der Waals surface area contributed by atoms with Crippen LogP contribution < -0.4 is 16.7 Å². The first-order valence-electron chi connectivity index (χ1n) is 7.98. The Morgan fingerprint density at radius 2 is 1.76 bits per heavy atom. The third-order valence-electron chi connectivity index (χ3n) is 4.70. The van der Waals surface area contributed by atoms with Gasteiger partial charge in [-0.15, -0.1) is 0 Å². The van der Waals surface area contributed by atoms with Crippen LogP contribution in [0.1, 0.15) is 24.1 Å². The molecule has 1 aliphatic rings. The number of aromatic nitrogens is 4. The monoisotopic (exact) mass is 338 g/mol. The van der Waals surface area contributed by atoms with E-state index in [9.17, 15) is 9.59 Å². The van der Waals surface area contributed by atoms with E-state index in [-0.39, 0.29) is 11.6 Å². The predicted octanol–water partition coefficient (Wildman–Crippen LogP) is 1.13. The SMILES string of the molecule is Cc1ccc(C2=NNc3nc4c(c(=O)n(C)c(=O)n4C)n3C2C)cc1. The van der Waals surface area contributed by atoms with Gasteiger partial charge in [-0.05, 0) is 19.4 Å². The molecule has 0 spiro atoms. The van der Waals surface area contributed by atoms with Crippen molar-refractivity contribution in [3.8, 4) is 0 Å². The lowest BCUT2D eigenvalue weighted by Gasteiger charge is -2.23. The molecule has 3 heterocycles. The maximum absolute atomic E-state index is 12.7. The Morgan fingerprint density at radius 3 is 2.44 bits per heavy atom. The Hall–Kier alpha value is -3.16. The zero-order valence-corrected chi connectivity index (χ0v) is 14.4. The first-order valence-corrected chi connectivity index (χ1v) is 7.98. The molecular weight excluding hydrogens is 320 g/mol. The molecule has 1 aliphatic heterocycles. The summed E-state index contributed by atoms with van der Waals surface area (Å²) in [7, 11) is 3.08. The topological polar surface area (TPSA) is 86.2 Å². The summed E-state index contributed by atoms with van der Waals surface area (Å²) in [5.41, 5.74) is 5.83. The summed E-state index contributed by atoms with van der Waals surface area (Å²) >= 11 is 0. The van der Waals surface area contributed by atoms with Crippen LogP contribution in [0.25, 0.3) is 11.2 Å². The minimum absolute atomic E-state index is 0.200. The van der Waals surface area contributed by atoms with Gasteiger partial charge in [-0.3, -0.25) is 18.5 Å². The molecule has 128 valence electrons. The highest BCUT2D eigenvalue weighted by Gasteiger charge is 2.28. The van der Waals surface area contributed by atoms with Gasteiger partial charge in [0, 0.05) is 14.1 Å². The van der Waals surface area contributed by atoms with Gasteiger partial charge in [0.25, 0.3) is 5.56 Å². The molecule has 3 aromatic rings. The van der Waals surface area contributed by atoms with Crippen molar-refractivity contribution in [3.05, 3.63) is 56.2 Å². The van der Waals surface area contributed by atoms with Crippen molar-refractivity contribution in [3.63, 3.8) is 0 Å². The second kappa shape index (κ2) is 5.17. The molecule has 1 unspecified atom stereocenters. The highest BCUT2D eigenvalue weighted by atomic mass is 16.2. The molecular formula is C17H18N6O2. The number of rotatable bonds is 1. The summed E-state index contributed by atoms with van der Waals surface area (Å²) in [4.78, 5) is 29.2. The second-order valence-electron chi connectivity index (χ2n) is 6.33. The van der Waals surface area contributed by atoms with Crippen LogP contribution in [0.15, 0.2) is 39.0 Å². The molecule has 0 amide bonds. The standard InChI is InChI=1S/C17H18N6O2/c1-9-5-7-11(8-6-9)12-10(2)23-13-14(18-16(23)20-19-12)21(3)17(25)22(4)15(13)24/h5-8,10H,1-4H3,(H,18,20). The van der Waals surface area contributed by atoms with E-state index < -0.39 is 5.69 Å². The van der Waals surface area contributed by atoms with Gasteiger partial charge in [-0.25, -0.2) is 10.2 Å². The van der Waals surface area contributed by atoms with Crippen LogP contribution in [0, 0.1) is 6.92 Å². The van der Waals surface area contributed by atoms with Crippen molar-refractivity contribution in [1.82, 2.24) is 18.7 Å². The maximum atomic E-state index is 12.7. The molecule has 0 bridgehead atoms. The van der Waals surface area contributed by atoms with Crippen molar-refractivity contribution >= 4 is 22.8 Å². The van der Waals surface area contributed by atoms with Gasteiger partial charge >= 0.3 is 5.69 Å². The number of imidazole rings is 1. The largest absolute Gasteiger partial charge is 0.332 e. The van der Waals surface area contributed by atoms with E-state index in [0.29, 0.717) is 17.1 Å². The zero-order chi connectivity index (χ0) is 17.9. The lowest BCUT2D eigenvalue weighted by molar-refractivity contribution is 0.679. The fourth-order valence-corrected chi connectivity index (χ4v) is 3.23. The predicted molar refractivity (Wildman–Crippen MR) is 96.3 cm³/mol. The van der Waals surface area contributed by atoms with Crippen LogP contribution in [0.3, 0.4) is 0 Å². The Labute approximate surface area is 143 Å². The van der Waals surface area contributed by atoms with E-state index in [1.54, 1.807) is 11.6 Å². The van der Waals surface area contributed by atoms with Gasteiger partial charge in [0.15, 0.2) is 11.2 Å². The molecule has 0 radical (unpaired) electrons. The van der Waals surface area contributed by atoms with E-state index in [1.807, 2.05) is 38.1 Å². The summed E-state index contributed by atoms with van der Waals surface area (Å²) in [5.74, 6) is 0.455. The van der Waals surface area contributed by atoms with Crippen molar-refractivity contribution in [2.45, 2.75) is 19.9 Å². The normalized spacial score (nSPS) is 16.5. The number of benzene rings is 1. The Bertz CT molecular complexity index is 1150. The van der Waals surface area contributed by atoms with Crippen LogP contribution in [-0.2, 0) is 14.1 Å². The van der Waals surface area contributed by atoms with Gasteiger partial charge in [0.1, 0.15) is 0 Å². The van der Waals surface area contributed by atoms with Crippen molar-refractivity contribution < 1.29 is 0 Å². The molecule has 1 N–H and O–H groups in total. The van der Waals surface area contributed by atoms with Crippen molar-refractivity contribution in [2.24, 2.45) is 19.2 Å². The molecule has 4 rings (SSSR count). The van der Waals surface area contributed by atoms with E-state index in [1.165, 1.54) is 17.2 Å². The zero-order valence-electron chi connectivity index (χ0n) is 14.4. The van der Waals surface area contributed by atoms with Crippen LogP contribution in [0.5, 0.6) is 0 Å². The van der Waals surface area contributed by atoms with Gasteiger partial charge in [0.05, 0.1) is 11.8 Å².